The Morgan fingerprint density at radius 1 is 1.17 bits per heavy atom. The quantitative estimate of drug-likeness (QED) is 0.726. The van der Waals surface area contributed by atoms with Gasteiger partial charge in [-0.05, 0) is 37.8 Å². The normalized spacial score (nSPS) is 18.7. The molecule has 1 aliphatic carbocycles. The lowest BCUT2D eigenvalue weighted by Gasteiger charge is -2.26. The number of halogens is 3. The summed E-state index contributed by atoms with van der Waals surface area (Å²) in [5.41, 5.74) is 0. The van der Waals surface area contributed by atoms with Gasteiger partial charge >= 0.3 is 6.18 Å². The molecule has 1 saturated carbocycles. The number of nitrogens with one attached hydrogen (secondary N) is 1. The lowest BCUT2D eigenvalue weighted by Crippen LogP contribution is -2.40. The fraction of sp³-hybridized carbons (Fsp3) is 1.00. The van der Waals surface area contributed by atoms with Crippen LogP contribution in [0.25, 0.3) is 0 Å². The molecule has 1 N–H and O–H groups in total. The van der Waals surface area contributed by atoms with E-state index in [-0.39, 0.29) is 12.0 Å². The van der Waals surface area contributed by atoms with Crippen LogP contribution in [-0.2, 0) is 0 Å². The van der Waals surface area contributed by atoms with Crippen LogP contribution in [-0.4, -0.2) is 43.3 Å². The van der Waals surface area contributed by atoms with Gasteiger partial charge in [0.2, 0.25) is 0 Å². The molecule has 1 unspecified atom stereocenters. The third-order valence-electron chi connectivity index (χ3n) is 3.04. The van der Waals surface area contributed by atoms with Gasteiger partial charge < -0.3 is 5.32 Å². The van der Waals surface area contributed by atoms with Crippen LogP contribution in [0.4, 0.5) is 13.2 Å². The third kappa shape index (κ3) is 7.21. The smallest absolute Gasteiger partial charge is 0.316 e. The highest BCUT2D eigenvalue weighted by Gasteiger charge is 2.38. The molecule has 1 fully saturated rings. The van der Waals surface area contributed by atoms with E-state index >= 15 is 0 Å². The molecule has 0 aromatic carbocycles. The van der Waals surface area contributed by atoms with Crippen LogP contribution in [0.3, 0.4) is 0 Å². The Hall–Kier alpha value is -0.290. The third-order valence-corrected chi connectivity index (χ3v) is 3.04. The topological polar surface area (TPSA) is 15.3 Å². The zero-order chi connectivity index (χ0) is 13.8. The van der Waals surface area contributed by atoms with Crippen molar-refractivity contribution < 1.29 is 13.2 Å². The summed E-state index contributed by atoms with van der Waals surface area (Å²) in [6.07, 6.45) is -2.24. The molecule has 0 aromatic rings. The molecule has 0 heterocycles. The summed E-state index contributed by atoms with van der Waals surface area (Å²) >= 11 is 0. The van der Waals surface area contributed by atoms with Gasteiger partial charge in [-0.25, -0.2) is 0 Å². The minimum Gasteiger partial charge on any atom is -0.316 e. The van der Waals surface area contributed by atoms with Gasteiger partial charge in [0.15, 0.2) is 0 Å². The Labute approximate surface area is 108 Å². The maximum absolute atomic E-state index is 12.4. The van der Waals surface area contributed by atoms with E-state index in [0.29, 0.717) is 12.5 Å². The maximum Gasteiger partial charge on any atom is 0.401 e. The number of alkyl halides is 3. The largest absolute Gasteiger partial charge is 0.401 e. The Balaban J connectivity index is 2.27. The summed E-state index contributed by atoms with van der Waals surface area (Å²) in [5.74, 6) is 0.832. The van der Waals surface area contributed by atoms with Crippen LogP contribution < -0.4 is 5.32 Å². The molecule has 1 rings (SSSR count). The first-order valence-electron chi connectivity index (χ1n) is 6.79. The monoisotopic (exact) mass is 266 g/mol. The molecule has 108 valence electrons. The molecule has 2 nitrogen and oxygen atoms in total. The predicted octanol–water partition coefficient (Wildman–Crippen LogP) is 2.89. The lowest BCUT2D eigenvalue weighted by atomic mass is 10.1. The summed E-state index contributed by atoms with van der Waals surface area (Å²) in [7, 11) is 0. The number of hydrogen-bond acceptors (Lipinski definition) is 2. The Morgan fingerprint density at radius 2 is 1.78 bits per heavy atom. The van der Waals surface area contributed by atoms with Crippen LogP contribution in [0.5, 0.6) is 0 Å². The van der Waals surface area contributed by atoms with Crippen molar-refractivity contribution in [3.63, 3.8) is 0 Å². The molecule has 0 aromatic heterocycles. The summed E-state index contributed by atoms with van der Waals surface area (Å²) in [5, 5.41) is 3.30. The van der Waals surface area contributed by atoms with Crippen molar-refractivity contribution >= 4 is 0 Å². The second kappa shape index (κ2) is 6.75. The predicted molar refractivity (Wildman–Crippen MR) is 67.5 cm³/mol. The molecule has 0 saturated heterocycles. The second-order valence-electron chi connectivity index (χ2n) is 5.93. The fourth-order valence-electron chi connectivity index (χ4n) is 2.10. The zero-order valence-corrected chi connectivity index (χ0v) is 11.6. The van der Waals surface area contributed by atoms with Crippen molar-refractivity contribution in [3.8, 4) is 0 Å². The standard InChI is InChI=1S/C13H25F3N2/c1-10(2)6-17-7-11(3)8-18(12-4-5-12)9-13(14,15)16/h10-12,17H,4-9H2,1-3H3. The molecular formula is C13H25F3N2. The molecule has 1 atom stereocenters. The van der Waals surface area contributed by atoms with Gasteiger partial charge in [0.05, 0.1) is 6.54 Å². The van der Waals surface area contributed by atoms with Gasteiger partial charge in [0.1, 0.15) is 0 Å². The molecule has 1 aliphatic rings. The fourth-order valence-corrected chi connectivity index (χ4v) is 2.10. The SMILES string of the molecule is CC(C)CNCC(C)CN(CC(F)(F)F)C1CC1. The van der Waals surface area contributed by atoms with E-state index in [4.69, 9.17) is 0 Å². The summed E-state index contributed by atoms with van der Waals surface area (Å²) in [6.45, 7) is 7.75. The number of hydrogen-bond donors (Lipinski definition) is 1. The van der Waals surface area contributed by atoms with Gasteiger partial charge in [-0.1, -0.05) is 20.8 Å². The van der Waals surface area contributed by atoms with Crippen molar-refractivity contribution in [2.75, 3.05) is 26.2 Å². The first-order valence-corrected chi connectivity index (χ1v) is 6.79. The molecule has 0 aliphatic heterocycles. The van der Waals surface area contributed by atoms with Crippen LogP contribution in [0, 0.1) is 11.8 Å². The van der Waals surface area contributed by atoms with Gasteiger partial charge in [0, 0.05) is 12.6 Å². The van der Waals surface area contributed by atoms with Crippen LogP contribution >= 0.6 is 0 Å². The molecule has 18 heavy (non-hydrogen) atoms. The molecule has 5 heteroatoms. The van der Waals surface area contributed by atoms with Crippen LogP contribution in [0.2, 0.25) is 0 Å². The Morgan fingerprint density at radius 3 is 2.22 bits per heavy atom. The van der Waals surface area contributed by atoms with E-state index in [2.05, 4.69) is 19.2 Å². The van der Waals surface area contributed by atoms with Crippen molar-refractivity contribution in [3.05, 3.63) is 0 Å². The summed E-state index contributed by atoms with van der Waals surface area (Å²) < 4.78 is 37.3. The average molecular weight is 266 g/mol. The summed E-state index contributed by atoms with van der Waals surface area (Å²) in [4.78, 5) is 1.60. The average Bonchev–Trinajstić information content (AvgIpc) is 2.96. The molecule has 0 bridgehead atoms. The van der Waals surface area contributed by atoms with Crippen LogP contribution in [0.1, 0.15) is 33.6 Å². The van der Waals surface area contributed by atoms with Gasteiger partial charge in [-0.15, -0.1) is 0 Å². The van der Waals surface area contributed by atoms with Crippen molar-refractivity contribution in [2.45, 2.75) is 45.8 Å². The van der Waals surface area contributed by atoms with E-state index in [0.717, 1.165) is 25.9 Å². The van der Waals surface area contributed by atoms with Gasteiger partial charge in [-0.3, -0.25) is 4.90 Å². The van der Waals surface area contributed by atoms with Crippen molar-refractivity contribution in [2.24, 2.45) is 11.8 Å². The minimum absolute atomic E-state index is 0.166. The van der Waals surface area contributed by atoms with Crippen LogP contribution in [0.15, 0.2) is 0 Å². The van der Waals surface area contributed by atoms with E-state index in [1.807, 2.05) is 6.92 Å². The minimum atomic E-state index is -4.08. The van der Waals surface area contributed by atoms with E-state index < -0.39 is 12.7 Å². The highest BCUT2D eigenvalue weighted by molar-refractivity contribution is 4.86. The summed E-state index contributed by atoms with van der Waals surface area (Å²) in [6, 6.07) is 0.166. The van der Waals surface area contributed by atoms with Crippen molar-refractivity contribution in [1.82, 2.24) is 10.2 Å². The zero-order valence-electron chi connectivity index (χ0n) is 11.6. The Bertz CT molecular complexity index is 237. The number of rotatable bonds is 8. The molecule has 0 radical (unpaired) electrons. The van der Waals surface area contributed by atoms with Gasteiger partial charge in [0.25, 0.3) is 0 Å². The first-order chi connectivity index (χ1) is 8.28. The first kappa shape index (κ1) is 15.8. The van der Waals surface area contributed by atoms with Gasteiger partial charge in [-0.2, -0.15) is 13.2 Å². The molecular weight excluding hydrogens is 241 g/mol. The highest BCUT2D eigenvalue weighted by Crippen LogP contribution is 2.30. The maximum atomic E-state index is 12.4. The molecule has 0 amide bonds. The van der Waals surface area contributed by atoms with Crippen molar-refractivity contribution in [1.29, 1.82) is 0 Å². The number of nitrogens with zero attached hydrogens (tertiary/aromatic N) is 1. The Kier molecular flexibility index (Phi) is 5.92. The van der Waals surface area contributed by atoms with E-state index in [1.54, 1.807) is 4.90 Å². The highest BCUT2D eigenvalue weighted by atomic mass is 19.4. The second-order valence-corrected chi connectivity index (χ2v) is 5.93. The van der Waals surface area contributed by atoms with E-state index in [1.165, 1.54) is 0 Å². The lowest BCUT2D eigenvalue weighted by molar-refractivity contribution is -0.148. The van der Waals surface area contributed by atoms with E-state index in [9.17, 15) is 13.2 Å². The molecule has 0 spiro atoms.